The van der Waals surface area contributed by atoms with Crippen molar-refractivity contribution in [3.05, 3.63) is 48.0 Å². The van der Waals surface area contributed by atoms with E-state index in [0.717, 1.165) is 49.7 Å². The van der Waals surface area contributed by atoms with Crippen LogP contribution in [0.1, 0.15) is 44.7 Å². The summed E-state index contributed by atoms with van der Waals surface area (Å²) in [5.74, 6) is 1.77. The van der Waals surface area contributed by atoms with Gasteiger partial charge in [-0.2, -0.15) is 0 Å². The number of aliphatic imine (C=N–C) groups is 1. The molecule has 148 valence electrons. The first-order valence-electron chi connectivity index (χ1n) is 9.86. The highest BCUT2D eigenvalue weighted by Crippen LogP contribution is 2.23. The van der Waals surface area contributed by atoms with Crippen molar-refractivity contribution in [2.24, 2.45) is 4.99 Å². The standard InChI is InChI=1S/C21H33N5O/c1-5-18(4)27-20-14-17(3)8-9-19(20)15-25-21(23-6-2)24-10-7-12-26-13-11-22-16-26/h8-9,11,13-14,16,18H,5-7,10,12,15H2,1-4H3,(H2,23,24,25). The van der Waals surface area contributed by atoms with Crippen molar-refractivity contribution in [2.45, 2.75) is 59.7 Å². The Bertz CT molecular complexity index is 697. The first kappa shape index (κ1) is 20.8. The molecule has 0 aliphatic carbocycles. The summed E-state index contributed by atoms with van der Waals surface area (Å²) in [5.41, 5.74) is 2.31. The summed E-state index contributed by atoms with van der Waals surface area (Å²) >= 11 is 0. The fraction of sp³-hybridized carbons (Fsp3) is 0.524. The quantitative estimate of drug-likeness (QED) is 0.381. The molecule has 1 atom stereocenters. The molecule has 0 bridgehead atoms. The normalized spacial score (nSPS) is 12.7. The van der Waals surface area contributed by atoms with Crippen molar-refractivity contribution in [1.82, 2.24) is 20.2 Å². The number of hydrogen-bond acceptors (Lipinski definition) is 3. The third-order valence-corrected chi connectivity index (χ3v) is 4.32. The minimum absolute atomic E-state index is 0.198. The lowest BCUT2D eigenvalue weighted by atomic mass is 10.1. The Kier molecular flexibility index (Phi) is 8.68. The number of imidazole rings is 1. The van der Waals surface area contributed by atoms with Crippen molar-refractivity contribution >= 4 is 5.96 Å². The monoisotopic (exact) mass is 371 g/mol. The van der Waals surface area contributed by atoms with Gasteiger partial charge in [-0.15, -0.1) is 0 Å². The Hall–Kier alpha value is -2.50. The molecule has 0 aliphatic rings. The molecule has 0 fully saturated rings. The molecule has 2 N–H and O–H groups in total. The molecule has 6 nitrogen and oxygen atoms in total. The maximum atomic E-state index is 6.09. The van der Waals surface area contributed by atoms with E-state index < -0.39 is 0 Å². The Morgan fingerprint density at radius 2 is 2.15 bits per heavy atom. The van der Waals surface area contributed by atoms with Crippen LogP contribution in [0.25, 0.3) is 0 Å². The van der Waals surface area contributed by atoms with Crippen LogP contribution in [0.2, 0.25) is 0 Å². The Labute approximate surface area is 163 Å². The Morgan fingerprint density at radius 1 is 1.30 bits per heavy atom. The maximum absolute atomic E-state index is 6.09. The predicted molar refractivity (Wildman–Crippen MR) is 111 cm³/mol. The van der Waals surface area contributed by atoms with E-state index in [2.05, 4.69) is 66.1 Å². The summed E-state index contributed by atoms with van der Waals surface area (Å²) in [6.45, 7) is 11.6. The molecule has 1 unspecified atom stereocenters. The molecule has 1 aromatic carbocycles. The zero-order valence-electron chi connectivity index (χ0n) is 17.0. The van der Waals surface area contributed by atoms with Crippen molar-refractivity contribution in [3.63, 3.8) is 0 Å². The number of nitrogens with one attached hydrogen (secondary N) is 2. The summed E-state index contributed by atoms with van der Waals surface area (Å²) in [6, 6.07) is 6.32. The maximum Gasteiger partial charge on any atom is 0.191 e. The van der Waals surface area contributed by atoms with E-state index in [9.17, 15) is 0 Å². The summed E-state index contributed by atoms with van der Waals surface area (Å²) in [7, 11) is 0. The third kappa shape index (κ3) is 7.33. The van der Waals surface area contributed by atoms with Gasteiger partial charge in [0.25, 0.3) is 0 Å². The molecule has 2 rings (SSSR count). The van der Waals surface area contributed by atoms with Gasteiger partial charge in [-0.25, -0.2) is 9.98 Å². The molecule has 2 aromatic rings. The summed E-state index contributed by atoms with van der Waals surface area (Å²) in [4.78, 5) is 8.80. The van der Waals surface area contributed by atoms with Crippen LogP contribution in [0.4, 0.5) is 0 Å². The highest BCUT2D eigenvalue weighted by Gasteiger charge is 2.08. The van der Waals surface area contributed by atoms with Crippen molar-refractivity contribution in [1.29, 1.82) is 0 Å². The molecular formula is C21H33N5O. The second-order valence-corrected chi connectivity index (χ2v) is 6.72. The van der Waals surface area contributed by atoms with Crippen LogP contribution < -0.4 is 15.4 Å². The predicted octanol–water partition coefficient (Wildman–Crippen LogP) is 3.51. The van der Waals surface area contributed by atoms with E-state index in [1.807, 2.05) is 12.5 Å². The highest BCUT2D eigenvalue weighted by molar-refractivity contribution is 5.79. The smallest absolute Gasteiger partial charge is 0.191 e. The molecule has 0 saturated heterocycles. The second-order valence-electron chi connectivity index (χ2n) is 6.72. The number of nitrogens with zero attached hydrogens (tertiary/aromatic N) is 3. The number of guanidine groups is 1. The molecule has 1 aromatic heterocycles. The van der Waals surface area contributed by atoms with Crippen LogP contribution in [0, 0.1) is 6.92 Å². The topological polar surface area (TPSA) is 63.5 Å². The van der Waals surface area contributed by atoms with Crippen LogP contribution in [0.3, 0.4) is 0 Å². The fourth-order valence-corrected chi connectivity index (χ4v) is 2.60. The van der Waals surface area contributed by atoms with Gasteiger partial charge in [0.15, 0.2) is 5.96 Å². The van der Waals surface area contributed by atoms with Gasteiger partial charge in [-0.1, -0.05) is 19.1 Å². The van der Waals surface area contributed by atoms with Gasteiger partial charge in [-0.05, 0) is 45.2 Å². The van der Waals surface area contributed by atoms with Gasteiger partial charge >= 0.3 is 0 Å². The third-order valence-electron chi connectivity index (χ3n) is 4.32. The van der Waals surface area contributed by atoms with E-state index in [4.69, 9.17) is 9.73 Å². The minimum Gasteiger partial charge on any atom is -0.490 e. The van der Waals surface area contributed by atoms with E-state index in [0.29, 0.717) is 6.54 Å². The molecule has 0 spiro atoms. The lowest BCUT2D eigenvalue weighted by Crippen LogP contribution is -2.38. The highest BCUT2D eigenvalue weighted by atomic mass is 16.5. The van der Waals surface area contributed by atoms with Crippen LogP contribution in [0.15, 0.2) is 41.9 Å². The number of aryl methyl sites for hydroxylation is 2. The fourth-order valence-electron chi connectivity index (χ4n) is 2.60. The van der Waals surface area contributed by atoms with Crippen LogP contribution >= 0.6 is 0 Å². The molecule has 0 amide bonds. The lowest BCUT2D eigenvalue weighted by Gasteiger charge is -2.17. The number of benzene rings is 1. The van der Waals surface area contributed by atoms with Crippen molar-refractivity contribution in [3.8, 4) is 5.75 Å². The molecule has 0 aliphatic heterocycles. The van der Waals surface area contributed by atoms with Crippen LogP contribution in [-0.2, 0) is 13.1 Å². The van der Waals surface area contributed by atoms with E-state index in [1.165, 1.54) is 5.56 Å². The van der Waals surface area contributed by atoms with E-state index in [-0.39, 0.29) is 6.10 Å². The first-order chi connectivity index (χ1) is 13.1. The Balaban J connectivity index is 1.94. The van der Waals surface area contributed by atoms with Crippen molar-refractivity contribution < 1.29 is 4.74 Å². The molecular weight excluding hydrogens is 338 g/mol. The van der Waals surface area contributed by atoms with Gasteiger partial charge < -0.3 is 19.9 Å². The average Bonchev–Trinajstić information content (AvgIpc) is 3.17. The van der Waals surface area contributed by atoms with Gasteiger partial charge in [0.1, 0.15) is 5.75 Å². The van der Waals surface area contributed by atoms with Crippen molar-refractivity contribution in [2.75, 3.05) is 13.1 Å². The summed E-state index contributed by atoms with van der Waals surface area (Å²) in [6.07, 6.45) is 7.82. The largest absolute Gasteiger partial charge is 0.490 e. The zero-order valence-corrected chi connectivity index (χ0v) is 17.0. The average molecular weight is 372 g/mol. The lowest BCUT2D eigenvalue weighted by molar-refractivity contribution is 0.215. The number of ether oxygens (including phenoxy) is 1. The summed E-state index contributed by atoms with van der Waals surface area (Å²) < 4.78 is 8.17. The number of rotatable bonds is 10. The number of hydrogen-bond donors (Lipinski definition) is 2. The minimum atomic E-state index is 0.198. The molecule has 6 heteroatoms. The Morgan fingerprint density at radius 3 is 2.85 bits per heavy atom. The van der Waals surface area contributed by atoms with Gasteiger partial charge in [0, 0.05) is 37.6 Å². The van der Waals surface area contributed by atoms with Gasteiger partial charge in [0.2, 0.25) is 0 Å². The van der Waals surface area contributed by atoms with Crippen LogP contribution in [-0.4, -0.2) is 34.7 Å². The van der Waals surface area contributed by atoms with E-state index in [1.54, 1.807) is 6.20 Å². The SMILES string of the molecule is CCNC(=NCc1ccc(C)cc1OC(C)CC)NCCCn1ccnc1. The zero-order chi connectivity index (χ0) is 19.5. The van der Waals surface area contributed by atoms with E-state index >= 15 is 0 Å². The molecule has 1 heterocycles. The van der Waals surface area contributed by atoms with Gasteiger partial charge in [-0.3, -0.25) is 0 Å². The van der Waals surface area contributed by atoms with Crippen LogP contribution in [0.5, 0.6) is 5.75 Å². The molecule has 0 radical (unpaired) electrons. The second kappa shape index (κ2) is 11.3. The molecule has 27 heavy (non-hydrogen) atoms. The van der Waals surface area contributed by atoms with Gasteiger partial charge in [0.05, 0.1) is 19.0 Å². The summed E-state index contributed by atoms with van der Waals surface area (Å²) in [5, 5.41) is 6.71. The molecule has 0 saturated carbocycles. The first-order valence-corrected chi connectivity index (χ1v) is 9.86. The number of aromatic nitrogens is 2.